The smallest absolute Gasteiger partial charge is 0.244 e. The normalized spacial score (nSPS) is 14.2. The maximum atomic E-state index is 6.11. The number of fused-ring (bicyclic) bond motifs is 1. The van der Waals surface area contributed by atoms with Crippen LogP contribution in [-0.4, -0.2) is 20.1 Å². The van der Waals surface area contributed by atoms with Crippen LogP contribution in [0.3, 0.4) is 0 Å². The quantitative estimate of drug-likeness (QED) is 0.791. The summed E-state index contributed by atoms with van der Waals surface area (Å²) in [6, 6.07) is 5.45. The second-order valence-electron chi connectivity index (χ2n) is 5.13. The van der Waals surface area contributed by atoms with Gasteiger partial charge in [0.2, 0.25) is 11.7 Å². The van der Waals surface area contributed by atoms with Crippen molar-refractivity contribution in [2.24, 2.45) is 11.7 Å². The molecule has 0 fully saturated rings. The molecule has 2 aromatic heterocycles. The molecule has 0 saturated heterocycles. The monoisotopic (exact) mass is 283 g/mol. The number of benzene rings is 1. The zero-order valence-corrected chi connectivity index (χ0v) is 12.0. The van der Waals surface area contributed by atoms with Gasteiger partial charge in [0, 0.05) is 18.0 Å². The summed E-state index contributed by atoms with van der Waals surface area (Å²) in [5, 5.41) is 4.02. The van der Waals surface area contributed by atoms with Crippen molar-refractivity contribution in [3.63, 3.8) is 0 Å². The molecular weight excluding hydrogens is 266 g/mol. The second kappa shape index (κ2) is 5.57. The summed E-state index contributed by atoms with van der Waals surface area (Å²) in [6.45, 7) is 4.16. The Bertz CT molecular complexity index is 754. The van der Waals surface area contributed by atoms with Gasteiger partial charge in [0.25, 0.3) is 0 Å². The Balaban J connectivity index is 1.94. The third kappa shape index (κ3) is 2.62. The molecule has 0 aliphatic carbocycles. The van der Waals surface area contributed by atoms with Crippen molar-refractivity contribution in [2.75, 3.05) is 0 Å². The summed E-state index contributed by atoms with van der Waals surface area (Å²) < 4.78 is 5.29. The molecule has 0 unspecified atom stereocenters. The van der Waals surface area contributed by atoms with Gasteiger partial charge in [-0.3, -0.25) is 9.97 Å². The maximum absolute atomic E-state index is 6.11. The number of nitrogens with two attached hydrogens (primary N) is 1. The summed E-state index contributed by atoms with van der Waals surface area (Å²) in [6.07, 6.45) is 4.29. The first-order valence-electron chi connectivity index (χ1n) is 6.99. The molecule has 2 atom stereocenters. The number of nitrogens with zero attached hydrogens (tertiary/aromatic N) is 4. The molecule has 0 saturated carbocycles. The van der Waals surface area contributed by atoms with Crippen molar-refractivity contribution in [3.8, 4) is 11.4 Å². The summed E-state index contributed by atoms with van der Waals surface area (Å²) >= 11 is 0. The van der Waals surface area contributed by atoms with Gasteiger partial charge in [-0.1, -0.05) is 25.4 Å². The molecule has 3 rings (SSSR count). The maximum Gasteiger partial charge on any atom is 0.244 e. The van der Waals surface area contributed by atoms with E-state index in [0.717, 1.165) is 23.0 Å². The van der Waals surface area contributed by atoms with E-state index in [4.69, 9.17) is 10.3 Å². The van der Waals surface area contributed by atoms with Gasteiger partial charge in [0.1, 0.15) is 0 Å². The first-order valence-corrected chi connectivity index (χ1v) is 6.99. The standard InChI is InChI=1S/C15H17N5O/c1-3-9(2)13(16)15-19-14(20-21-15)10-4-5-11-12(8-10)18-7-6-17-11/h4-9,13H,3,16H2,1-2H3/t9-,13-/m0/s1. The Morgan fingerprint density at radius 1 is 1.19 bits per heavy atom. The Morgan fingerprint density at radius 2 is 1.95 bits per heavy atom. The largest absolute Gasteiger partial charge is 0.337 e. The minimum Gasteiger partial charge on any atom is -0.337 e. The predicted molar refractivity (Wildman–Crippen MR) is 79.2 cm³/mol. The van der Waals surface area contributed by atoms with Crippen LogP contribution in [0.15, 0.2) is 35.1 Å². The van der Waals surface area contributed by atoms with E-state index in [1.54, 1.807) is 12.4 Å². The average Bonchev–Trinajstić information content (AvgIpc) is 3.02. The molecule has 1 aromatic carbocycles. The summed E-state index contributed by atoms with van der Waals surface area (Å²) in [5.74, 6) is 1.29. The molecule has 0 spiro atoms. The van der Waals surface area contributed by atoms with E-state index in [0.29, 0.717) is 17.6 Å². The van der Waals surface area contributed by atoms with E-state index in [9.17, 15) is 0 Å². The van der Waals surface area contributed by atoms with Crippen molar-refractivity contribution in [3.05, 3.63) is 36.5 Å². The highest BCUT2D eigenvalue weighted by Crippen LogP contribution is 2.24. The minimum atomic E-state index is -0.239. The molecule has 0 radical (unpaired) electrons. The van der Waals surface area contributed by atoms with Gasteiger partial charge in [0.15, 0.2) is 0 Å². The van der Waals surface area contributed by atoms with Crippen molar-refractivity contribution < 1.29 is 4.52 Å². The molecule has 3 aromatic rings. The molecule has 21 heavy (non-hydrogen) atoms. The fourth-order valence-corrected chi connectivity index (χ4v) is 2.09. The van der Waals surface area contributed by atoms with E-state index >= 15 is 0 Å². The van der Waals surface area contributed by atoms with Gasteiger partial charge in [0.05, 0.1) is 17.1 Å². The van der Waals surface area contributed by atoms with Gasteiger partial charge < -0.3 is 10.3 Å². The van der Waals surface area contributed by atoms with Gasteiger partial charge >= 0.3 is 0 Å². The van der Waals surface area contributed by atoms with E-state index in [1.165, 1.54) is 0 Å². The molecule has 2 heterocycles. The Kier molecular flexibility index (Phi) is 3.62. The fraction of sp³-hybridized carbons (Fsp3) is 0.333. The number of aromatic nitrogens is 4. The third-order valence-corrected chi connectivity index (χ3v) is 3.71. The lowest BCUT2D eigenvalue weighted by Crippen LogP contribution is -2.18. The van der Waals surface area contributed by atoms with Gasteiger partial charge in [-0.2, -0.15) is 4.98 Å². The topological polar surface area (TPSA) is 90.7 Å². The minimum absolute atomic E-state index is 0.239. The van der Waals surface area contributed by atoms with Crippen LogP contribution in [0.25, 0.3) is 22.4 Å². The highest BCUT2D eigenvalue weighted by atomic mass is 16.5. The first kappa shape index (κ1) is 13.6. The van der Waals surface area contributed by atoms with Gasteiger partial charge in [-0.15, -0.1) is 0 Å². The zero-order valence-electron chi connectivity index (χ0n) is 12.0. The van der Waals surface area contributed by atoms with E-state index in [1.807, 2.05) is 18.2 Å². The summed E-state index contributed by atoms with van der Waals surface area (Å²) in [5.41, 5.74) is 8.59. The van der Waals surface area contributed by atoms with Crippen LogP contribution in [0.5, 0.6) is 0 Å². The number of rotatable bonds is 4. The highest BCUT2D eigenvalue weighted by molar-refractivity contribution is 5.79. The molecule has 0 aliphatic heterocycles. The van der Waals surface area contributed by atoms with Gasteiger partial charge in [-0.25, -0.2) is 0 Å². The lowest BCUT2D eigenvalue weighted by atomic mass is 10.0. The van der Waals surface area contributed by atoms with Crippen LogP contribution < -0.4 is 5.73 Å². The SMILES string of the molecule is CC[C@H](C)[C@H](N)c1nc(-c2ccc3nccnc3c2)no1. The fourth-order valence-electron chi connectivity index (χ4n) is 2.09. The molecular formula is C15H17N5O. The molecule has 0 amide bonds. The number of hydrogen-bond donors (Lipinski definition) is 1. The third-order valence-electron chi connectivity index (χ3n) is 3.71. The molecule has 6 nitrogen and oxygen atoms in total. The van der Waals surface area contributed by atoms with Crippen LogP contribution in [0.2, 0.25) is 0 Å². The van der Waals surface area contributed by atoms with Crippen molar-refractivity contribution in [1.29, 1.82) is 0 Å². The summed E-state index contributed by atoms with van der Waals surface area (Å²) in [7, 11) is 0. The molecule has 0 bridgehead atoms. The lowest BCUT2D eigenvalue weighted by molar-refractivity contribution is 0.312. The van der Waals surface area contributed by atoms with Crippen LogP contribution in [0, 0.1) is 5.92 Å². The average molecular weight is 283 g/mol. The molecule has 2 N–H and O–H groups in total. The summed E-state index contributed by atoms with van der Waals surface area (Å²) in [4.78, 5) is 12.9. The van der Waals surface area contributed by atoms with Crippen molar-refractivity contribution in [1.82, 2.24) is 20.1 Å². The van der Waals surface area contributed by atoms with Crippen LogP contribution in [0.1, 0.15) is 32.2 Å². The van der Waals surface area contributed by atoms with Crippen molar-refractivity contribution >= 4 is 11.0 Å². The van der Waals surface area contributed by atoms with Crippen LogP contribution in [0.4, 0.5) is 0 Å². The Hall–Kier alpha value is -2.34. The number of hydrogen-bond acceptors (Lipinski definition) is 6. The van der Waals surface area contributed by atoms with E-state index in [-0.39, 0.29) is 6.04 Å². The molecule has 6 heteroatoms. The van der Waals surface area contributed by atoms with Crippen LogP contribution in [-0.2, 0) is 0 Å². The molecule has 108 valence electrons. The Morgan fingerprint density at radius 3 is 2.71 bits per heavy atom. The highest BCUT2D eigenvalue weighted by Gasteiger charge is 2.20. The zero-order chi connectivity index (χ0) is 14.8. The first-order chi connectivity index (χ1) is 10.2. The van der Waals surface area contributed by atoms with Crippen LogP contribution >= 0.6 is 0 Å². The van der Waals surface area contributed by atoms with E-state index < -0.39 is 0 Å². The second-order valence-corrected chi connectivity index (χ2v) is 5.13. The van der Waals surface area contributed by atoms with Crippen molar-refractivity contribution in [2.45, 2.75) is 26.3 Å². The molecule has 0 aliphatic rings. The van der Waals surface area contributed by atoms with E-state index in [2.05, 4.69) is 34.0 Å². The lowest BCUT2D eigenvalue weighted by Gasteiger charge is -2.12. The Labute approximate surface area is 122 Å². The predicted octanol–water partition coefficient (Wildman–Crippen LogP) is 2.73. The van der Waals surface area contributed by atoms with Gasteiger partial charge in [-0.05, 0) is 24.1 Å².